The first-order chi connectivity index (χ1) is 13.6. The molecule has 1 amide bonds. The van der Waals surface area contributed by atoms with Gasteiger partial charge in [0, 0.05) is 23.9 Å². The van der Waals surface area contributed by atoms with Gasteiger partial charge in [-0.3, -0.25) is 0 Å². The molecule has 2 aromatic rings. The normalized spacial score (nSPS) is 12.0. The minimum absolute atomic E-state index is 0.0715. The second-order valence-corrected chi connectivity index (χ2v) is 7.12. The average molecular weight is 402 g/mol. The van der Waals surface area contributed by atoms with E-state index in [4.69, 9.17) is 23.9 Å². The van der Waals surface area contributed by atoms with Gasteiger partial charge in [-0.1, -0.05) is 0 Å². The third-order valence-corrected chi connectivity index (χ3v) is 3.72. The summed E-state index contributed by atoms with van der Waals surface area (Å²) in [4.78, 5) is 36.5. The van der Waals surface area contributed by atoms with Gasteiger partial charge in [0.2, 0.25) is 0 Å². The van der Waals surface area contributed by atoms with Gasteiger partial charge < -0.3 is 23.9 Å². The Balaban J connectivity index is 2.37. The van der Waals surface area contributed by atoms with Crippen molar-refractivity contribution in [3.8, 4) is 11.8 Å². The lowest BCUT2D eigenvalue weighted by molar-refractivity contribution is -0.144. The molecule has 0 saturated carbocycles. The van der Waals surface area contributed by atoms with Crippen LogP contribution in [0.25, 0.3) is 11.0 Å². The zero-order chi connectivity index (χ0) is 21.6. The van der Waals surface area contributed by atoms with Crippen molar-refractivity contribution in [2.45, 2.75) is 38.8 Å². The van der Waals surface area contributed by atoms with E-state index in [0.29, 0.717) is 16.7 Å². The first-order valence-electron chi connectivity index (χ1n) is 8.77. The first kappa shape index (κ1) is 21.8. The molecule has 0 aliphatic carbocycles. The number of esters is 1. The molecule has 0 saturated heterocycles. The highest BCUT2D eigenvalue weighted by Crippen LogP contribution is 2.23. The second kappa shape index (κ2) is 9.10. The molecular weight excluding hydrogens is 380 g/mol. The molecule has 0 radical (unpaired) electrons. The van der Waals surface area contributed by atoms with Crippen LogP contribution in [0.4, 0.5) is 4.79 Å². The molecule has 1 atom stereocenters. The minimum atomic E-state index is -1.18. The van der Waals surface area contributed by atoms with Gasteiger partial charge in [0.25, 0.3) is 0 Å². The number of alkyl carbamates (subject to hydrolysis) is 1. The van der Waals surface area contributed by atoms with Crippen molar-refractivity contribution in [2.75, 3.05) is 13.7 Å². The molecule has 0 fully saturated rings. The summed E-state index contributed by atoms with van der Waals surface area (Å²) in [6, 6.07) is 6.65. The van der Waals surface area contributed by atoms with Crippen LogP contribution < -0.4 is 15.7 Å². The van der Waals surface area contributed by atoms with Crippen molar-refractivity contribution < 1.29 is 28.2 Å². The molecule has 29 heavy (non-hydrogen) atoms. The third-order valence-electron chi connectivity index (χ3n) is 3.72. The summed E-state index contributed by atoms with van der Waals surface area (Å²) < 4.78 is 20.3. The SMILES string of the molecule is COc1ccc2c(CC(NC(=O)OC(C)(C)C)C(=O)OCC#N)cc(=O)oc2c1. The predicted molar refractivity (Wildman–Crippen MR) is 102 cm³/mol. The Hall–Kier alpha value is -3.54. The number of nitriles is 1. The second-order valence-electron chi connectivity index (χ2n) is 7.12. The zero-order valence-corrected chi connectivity index (χ0v) is 16.6. The zero-order valence-electron chi connectivity index (χ0n) is 16.6. The molecule has 154 valence electrons. The summed E-state index contributed by atoms with van der Waals surface area (Å²) in [7, 11) is 1.48. The number of benzene rings is 1. The number of methoxy groups -OCH3 is 1. The summed E-state index contributed by atoms with van der Waals surface area (Å²) in [5.41, 5.74) is -0.674. The number of hydrogen-bond donors (Lipinski definition) is 1. The van der Waals surface area contributed by atoms with Crippen LogP contribution in [-0.4, -0.2) is 37.4 Å². The Bertz CT molecular complexity index is 999. The molecule has 1 aromatic carbocycles. The number of nitrogens with one attached hydrogen (secondary N) is 1. The fourth-order valence-electron chi connectivity index (χ4n) is 2.57. The van der Waals surface area contributed by atoms with E-state index < -0.39 is 35.9 Å². The summed E-state index contributed by atoms with van der Waals surface area (Å²) >= 11 is 0. The molecule has 9 heteroatoms. The van der Waals surface area contributed by atoms with Crippen LogP contribution in [0.5, 0.6) is 5.75 Å². The van der Waals surface area contributed by atoms with Gasteiger partial charge >= 0.3 is 17.7 Å². The molecule has 0 aliphatic heterocycles. The van der Waals surface area contributed by atoms with Crippen LogP contribution in [0.1, 0.15) is 26.3 Å². The fraction of sp³-hybridized carbons (Fsp3) is 0.400. The molecule has 9 nitrogen and oxygen atoms in total. The van der Waals surface area contributed by atoms with Crippen LogP contribution in [0.2, 0.25) is 0 Å². The lowest BCUT2D eigenvalue weighted by Gasteiger charge is -2.23. The highest BCUT2D eigenvalue weighted by Gasteiger charge is 2.27. The van der Waals surface area contributed by atoms with Crippen molar-refractivity contribution in [2.24, 2.45) is 0 Å². The molecule has 0 spiro atoms. The van der Waals surface area contributed by atoms with Crippen LogP contribution >= 0.6 is 0 Å². The maximum Gasteiger partial charge on any atom is 0.408 e. The summed E-state index contributed by atoms with van der Waals surface area (Å²) in [5.74, 6) is -0.332. The minimum Gasteiger partial charge on any atom is -0.497 e. The van der Waals surface area contributed by atoms with E-state index in [1.807, 2.05) is 0 Å². The number of ether oxygens (including phenoxy) is 3. The van der Waals surface area contributed by atoms with Crippen LogP contribution in [0.3, 0.4) is 0 Å². The molecule has 1 aromatic heterocycles. The quantitative estimate of drug-likeness (QED) is 0.576. The van der Waals surface area contributed by atoms with Crippen LogP contribution in [0.15, 0.2) is 33.5 Å². The van der Waals surface area contributed by atoms with Crippen molar-refractivity contribution in [1.29, 1.82) is 5.26 Å². The molecule has 1 N–H and O–H groups in total. The van der Waals surface area contributed by atoms with Crippen LogP contribution in [0, 0.1) is 11.3 Å². The van der Waals surface area contributed by atoms with E-state index in [2.05, 4.69) is 5.32 Å². The Morgan fingerprint density at radius 2 is 2.00 bits per heavy atom. The number of fused-ring (bicyclic) bond motifs is 1. The Morgan fingerprint density at radius 3 is 2.62 bits per heavy atom. The van der Waals surface area contributed by atoms with E-state index >= 15 is 0 Å². The maximum atomic E-state index is 12.4. The number of hydrogen-bond acceptors (Lipinski definition) is 8. The number of nitrogens with zero attached hydrogens (tertiary/aromatic N) is 1. The number of carbonyl (C=O) groups excluding carboxylic acids is 2. The lowest BCUT2D eigenvalue weighted by atomic mass is 10.0. The summed E-state index contributed by atoms with van der Waals surface area (Å²) in [5, 5.41) is 11.6. The van der Waals surface area contributed by atoms with E-state index in [1.54, 1.807) is 45.0 Å². The van der Waals surface area contributed by atoms with Crippen LogP contribution in [-0.2, 0) is 20.7 Å². The highest BCUT2D eigenvalue weighted by atomic mass is 16.6. The van der Waals surface area contributed by atoms with Gasteiger partial charge in [-0.15, -0.1) is 0 Å². The molecular formula is C20H22N2O7. The average Bonchev–Trinajstić information content (AvgIpc) is 2.63. The van der Waals surface area contributed by atoms with Gasteiger partial charge in [-0.05, 0) is 38.5 Å². The molecule has 1 heterocycles. The van der Waals surface area contributed by atoms with Crippen molar-refractivity contribution >= 4 is 23.0 Å². The summed E-state index contributed by atoms with van der Waals surface area (Å²) in [6.07, 6.45) is -0.900. The van der Waals surface area contributed by atoms with E-state index in [1.165, 1.54) is 13.2 Å². The van der Waals surface area contributed by atoms with Crippen molar-refractivity contribution in [3.63, 3.8) is 0 Å². The lowest BCUT2D eigenvalue weighted by Crippen LogP contribution is -2.45. The number of amides is 1. The highest BCUT2D eigenvalue weighted by molar-refractivity contribution is 5.85. The molecule has 2 rings (SSSR count). The van der Waals surface area contributed by atoms with E-state index in [-0.39, 0.29) is 12.0 Å². The summed E-state index contributed by atoms with van der Waals surface area (Å²) in [6.45, 7) is 4.57. The van der Waals surface area contributed by atoms with Gasteiger partial charge in [0.1, 0.15) is 29.0 Å². The van der Waals surface area contributed by atoms with Crippen molar-refractivity contribution in [3.05, 3.63) is 40.2 Å². The fourth-order valence-corrected chi connectivity index (χ4v) is 2.57. The first-order valence-corrected chi connectivity index (χ1v) is 8.77. The monoisotopic (exact) mass is 402 g/mol. The van der Waals surface area contributed by atoms with Gasteiger partial charge in [-0.25, -0.2) is 14.4 Å². The largest absolute Gasteiger partial charge is 0.497 e. The van der Waals surface area contributed by atoms with Crippen molar-refractivity contribution in [1.82, 2.24) is 5.32 Å². The topological polar surface area (TPSA) is 128 Å². The van der Waals surface area contributed by atoms with E-state index in [9.17, 15) is 14.4 Å². The predicted octanol–water partition coefficient (Wildman–Crippen LogP) is 2.30. The van der Waals surface area contributed by atoms with E-state index in [0.717, 1.165) is 0 Å². The third kappa shape index (κ3) is 6.24. The Morgan fingerprint density at radius 1 is 1.28 bits per heavy atom. The number of carbonyl (C=O) groups is 2. The number of rotatable bonds is 6. The Kier molecular flexibility index (Phi) is 6.83. The smallest absolute Gasteiger partial charge is 0.408 e. The molecule has 1 unspecified atom stereocenters. The maximum absolute atomic E-state index is 12.4. The van der Waals surface area contributed by atoms with Gasteiger partial charge in [-0.2, -0.15) is 5.26 Å². The molecule has 0 bridgehead atoms. The molecule has 0 aliphatic rings. The standard InChI is InChI=1S/C20H22N2O7/c1-20(2,3)29-19(25)22-15(18(24)27-8-7-21)9-12-10-17(23)28-16-11-13(26-4)5-6-14(12)16/h5-6,10-11,15H,8-9H2,1-4H3,(H,22,25). The Labute approximate surface area is 167 Å². The van der Waals surface area contributed by atoms with Gasteiger partial charge in [0.15, 0.2) is 6.61 Å². The van der Waals surface area contributed by atoms with Gasteiger partial charge in [0.05, 0.1) is 7.11 Å².